The molecule has 23 heteroatoms. The zero-order chi connectivity index (χ0) is 60.8. The third-order valence-electron chi connectivity index (χ3n) is 18.3. The average molecular weight is 1180 g/mol. The van der Waals surface area contributed by atoms with E-state index in [-0.39, 0.29) is 82.1 Å². The molecule has 0 radical (unpaired) electrons. The Morgan fingerprint density at radius 1 is 0.833 bits per heavy atom. The highest BCUT2D eigenvalue weighted by Crippen LogP contribution is 2.71. The average Bonchev–Trinajstić information content (AvgIpc) is 1.26. The van der Waals surface area contributed by atoms with Crippen LogP contribution in [0, 0.1) is 64.1 Å². The molecule has 84 heavy (non-hydrogen) atoms. The van der Waals surface area contributed by atoms with Gasteiger partial charge in [-0.25, -0.2) is 18.4 Å². The number of urea groups is 1. The van der Waals surface area contributed by atoms with Crippen molar-refractivity contribution in [2.45, 2.75) is 134 Å². The second-order valence-electron chi connectivity index (χ2n) is 23.9. The number of fused-ring (bicyclic) bond motifs is 6. The summed E-state index contributed by atoms with van der Waals surface area (Å²) < 4.78 is 67.0. The number of primary amides is 1. The number of ketones is 2. The first-order valence-corrected chi connectivity index (χ1v) is 29.6. The van der Waals surface area contributed by atoms with Crippen LogP contribution in [0.4, 0.5) is 24.1 Å². The normalized spacial score (nSPS) is 30.6. The Bertz CT molecular complexity index is 2610. The van der Waals surface area contributed by atoms with Gasteiger partial charge in [0.25, 0.3) is 0 Å². The highest BCUT2D eigenvalue weighted by molar-refractivity contribution is 6.01. The molecule has 6 aliphatic rings. The Hall–Kier alpha value is -6.03. The number of aliphatic hydroxyl groups excluding tert-OH is 1. The molecule has 9 N–H and O–H groups in total. The van der Waals surface area contributed by atoms with Crippen LogP contribution < -0.4 is 37.1 Å². The number of carbonyl (C=O) groups is 7. The number of amides is 6. The predicted octanol–water partition coefficient (Wildman–Crippen LogP) is 4.57. The number of ether oxygens (including phenoxy) is 6. The number of nitrogens with one attached hydrogen (secondary N) is 5. The summed E-state index contributed by atoms with van der Waals surface area (Å²) in [4.78, 5) is 90.3. The van der Waals surface area contributed by atoms with Gasteiger partial charge in [-0.15, -0.1) is 11.8 Å². The maximum Gasteiger partial charge on any atom is 0.407 e. The maximum absolute atomic E-state index is 17.7. The first-order valence-electron chi connectivity index (χ1n) is 29.6. The molecule has 4 saturated carbocycles. The lowest BCUT2D eigenvalue weighted by Gasteiger charge is -2.63. The van der Waals surface area contributed by atoms with Crippen LogP contribution in [0.2, 0.25) is 0 Å². The molecule has 464 valence electrons. The minimum Gasteiger partial charge on any atom is -0.486 e. The minimum absolute atomic E-state index is 0.0182. The van der Waals surface area contributed by atoms with Crippen LogP contribution in [0.15, 0.2) is 48.1 Å². The maximum atomic E-state index is 17.7. The number of benzene rings is 1. The van der Waals surface area contributed by atoms with Crippen molar-refractivity contribution in [3.8, 4) is 17.6 Å². The van der Waals surface area contributed by atoms with Crippen LogP contribution >= 0.6 is 0 Å². The molecule has 7 rings (SSSR count). The Labute approximate surface area is 490 Å². The summed E-state index contributed by atoms with van der Waals surface area (Å²) in [6, 6.07) is 3.05. The molecule has 0 bridgehead atoms. The third-order valence-corrected chi connectivity index (χ3v) is 18.3. The molecule has 1 aromatic carbocycles. The van der Waals surface area contributed by atoms with Gasteiger partial charge in [0.1, 0.15) is 36.2 Å². The molecule has 1 aromatic rings. The summed E-state index contributed by atoms with van der Waals surface area (Å²) in [6.45, 7) is 10.7. The second kappa shape index (κ2) is 29.4. The van der Waals surface area contributed by atoms with Gasteiger partial charge in [0, 0.05) is 54.8 Å². The molecule has 13 atom stereocenters. The van der Waals surface area contributed by atoms with E-state index in [1.54, 1.807) is 27.7 Å². The molecule has 0 aliphatic heterocycles. The van der Waals surface area contributed by atoms with Crippen LogP contribution in [0.5, 0.6) is 5.75 Å². The highest BCUT2D eigenvalue weighted by atomic mass is 19.1. The number of alkyl carbamates (subject to hydrolysis) is 1. The van der Waals surface area contributed by atoms with Crippen molar-refractivity contribution in [1.82, 2.24) is 21.3 Å². The number of halogens is 2. The Morgan fingerprint density at radius 2 is 1.46 bits per heavy atom. The Balaban J connectivity index is 0.788. The first-order chi connectivity index (χ1) is 40.0. The SMILES string of the molecule is CC(C)[C@H](NC(=O)CCOCCOCCOCCOCCNC(=O)OCC1C2CCC#CCCC21)C(=O)N[C@@H](CCCNC(N)=O)C(=O)Nc1ccc(OCC(=O)[C@@]2(O)[C@H](C)C[C@H]3[C@@H]4C[C@H](F)C5=CC(=O)C=C[C@]5(C)[C@@]4(F)[C@@H](O)C[C@@]32C)cc1. The van der Waals surface area contributed by atoms with Crippen molar-refractivity contribution >= 4 is 47.1 Å². The number of nitrogens with two attached hydrogens (primary N) is 1. The number of carbonyl (C=O) groups excluding carboxylic acids is 7. The highest BCUT2D eigenvalue weighted by Gasteiger charge is 2.76. The third kappa shape index (κ3) is 15.3. The second-order valence-corrected chi connectivity index (χ2v) is 23.9. The standard InChI is InChI=1S/C61H86F2N6O15/c1-37(2)53(69-52(73)19-23-79-25-27-81-29-30-82-28-26-80-24-22-66-57(77)84-35-44-42-11-8-6-7-9-12-43(42)44)55(75)68-49(13-10-21-65-56(64)76)54(74)67-39-14-16-41(17-15-39)83-36-51(72)61(78)38(3)31-45-46-33-48(62)47-32-40(70)18-20-58(47,4)60(46,63)50(71)34-59(45,61)5/h14-18,20,32,37-38,42-46,48-50,53,71,78H,8-13,19,21-31,33-36H2,1-5H3,(H,66,77)(H,67,74)(H,68,75)(H,69,73)(H3,64,65,76)/t38-,42?,43?,44?,45+,46+,48+,49+,50+,53+,58+,59+,60+,61+/m1/s1. The van der Waals surface area contributed by atoms with Crippen molar-refractivity contribution in [1.29, 1.82) is 0 Å². The Kier molecular flexibility index (Phi) is 22.9. The van der Waals surface area contributed by atoms with Crippen LogP contribution in [0.25, 0.3) is 0 Å². The molecule has 0 heterocycles. The van der Waals surface area contributed by atoms with E-state index in [0.29, 0.717) is 69.6 Å². The summed E-state index contributed by atoms with van der Waals surface area (Å²) in [5, 5.41) is 37.5. The lowest BCUT2D eigenvalue weighted by atomic mass is 9.44. The van der Waals surface area contributed by atoms with Crippen molar-refractivity contribution in [2.75, 3.05) is 84.5 Å². The number of hydrogen-bond acceptors (Lipinski definition) is 15. The van der Waals surface area contributed by atoms with E-state index in [1.165, 1.54) is 43.3 Å². The van der Waals surface area contributed by atoms with Gasteiger partial charge in [-0.05, 0) is 129 Å². The molecule has 0 spiro atoms. The van der Waals surface area contributed by atoms with Crippen LogP contribution in [-0.4, -0.2) is 166 Å². The number of hydrogen-bond donors (Lipinski definition) is 8. The summed E-state index contributed by atoms with van der Waals surface area (Å²) >= 11 is 0. The predicted molar refractivity (Wildman–Crippen MR) is 303 cm³/mol. The number of Topliss-reactive ketones (excluding diaryl/α,β-unsaturated/α-hetero) is 1. The summed E-state index contributed by atoms with van der Waals surface area (Å²) in [5.74, 6) is 2.53. The molecule has 21 nitrogen and oxygen atoms in total. The van der Waals surface area contributed by atoms with Gasteiger partial charge in [0.05, 0.1) is 65.6 Å². The number of rotatable bonds is 31. The van der Waals surface area contributed by atoms with E-state index in [0.717, 1.165) is 31.8 Å². The number of anilines is 1. The smallest absolute Gasteiger partial charge is 0.407 e. The van der Waals surface area contributed by atoms with Gasteiger partial charge in [-0.2, -0.15) is 0 Å². The first kappa shape index (κ1) is 65.5. The Morgan fingerprint density at radius 3 is 2.10 bits per heavy atom. The largest absolute Gasteiger partial charge is 0.486 e. The monoisotopic (exact) mass is 1180 g/mol. The van der Waals surface area contributed by atoms with E-state index >= 15 is 8.78 Å². The molecule has 6 aliphatic carbocycles. The van der Waals surface area contributed by atoms with Crippen LogP contribution in [0.3, 0.4) is 0 Å². The van der Waals surface area contributed by atoms with E-state index < -0.39 is 112 Å². The molecular weight excluding hydrogens is 1090 g/mol. The van der Waals surface area contributed by atoms with E-state index in [1.807, 2.05) is 0 Å². The van der Waals surface area contributed by atoms with Gasteiger partial charge >= 0.3 is 12.1 Å². The van der Waals surface area contributed by atoms with Gasteiger partial charge in [0.15, 0.2) is 11.5 Å². The number of aliphatic hydroxyl groups is 2. The number of allylic oxidation sites excluding steroid dienone is 4. The van der Waals surface area contributed by atoms with Crippen molar-refractivity contribution in [2.24, 2.45) is 58.0 Å². The van der Waals surface area contributed by atoms with Gasteiger partial charge in [-0.1, -0.05) is 33.8 Å². The summed E-state index contributed by atoms with van der Waals surface area (Å²) in [7, 11) is 0. The summed E-state index contributed by atoms with van der Waals surface area (Å²) in [5.41, 5.74) is -1.91. The zero-order valence-electron chi connectivity index (χ0n) is 49.0. The lowest BCUT2D eigenvalue weighted by Crippen LogP contribution is -2.70. The molecule has 0 saturated heterocycles. The van der Waals surface area contributed by atoms with E-state index in [9.17, 15) is 43.8 Å². The number of alkyl halides is 2. The molecule has 0 aromatic heterocycles. The quantitative estimate of drug-likeness (QED) is 0.0373. The van der Waals surface area contributed by atoms with Gasteiger partial charge in [0.2, 0.25) is 23.5 Å². The molecule has 4 fully saturated rings. The molecule has 2 unspecified atom stereocenters. The van der Waals surface area contributed by atoms with Crippen LogP contribution in [0.1, 0.15) is 98.8 Å². The fourth-order valence-electron chi connectivity index (χ4n) is 13.7. The van der Waals surface area contributed by atoms with Crippen molar-refractivity contribution in [3.63, 3.8) is 0 Å². The fraction of sp³-hybridized carbons (Fsp3) is 0.689. The lowest BCUT2D eigenvalue weighted by molar-refractivity contribution is -0.223. The van der Waals surface area contributed by atoms with E-state index in [2.05, 4.69) is 38.4 Å². The van der Waals surface area contributed by atoms with Crippen molar-refractivity contribution < 1.29 is 81.0 Å². The zero-order valence-corrected chi connectivity index (χ0v) is 49.0. The van der Waals surface area contributed by atoms with E-state index in [4.69, 9.17) is 34.2 Å². The minimum atomic E-state index is -2.37. The van der Waals surface area contributed by atoms with Gasteiger partial charge in [-0.3, -0.25) is 24.0 Å². The summed E-state index contributed by atoms with van der Waals surface area (Å²) in [6.07, 6.45) is 3.66. The topological polar surface area (TPSA) is 302 Å². The van der Waals surface area contributed by atoms with Crippen LogP contribution in [-0.2, 0) is 47.7 Å². The molecular formula is C61H86F2N6O15. The van der Waals surface area contributed by atoms with Crippen molar-refractivity contribution in [3.05, 3.63) is 48.1 Å². The molecule has 6 amide bonds. The fourth-order valence-corrected chi connectivity index (χ4v) is 13.7. The van der Waals surface area contributed by atoms with Gasteiger partial charge < -0.3 is 71.0 Å².